The molecule has 7 nitrogen and oxygen atoms in total. The Kier molecular flexibility index (Phi) is 6.18. The number of hydrogen-bond acceptors (Lipinski definition) is 4. The van der Waals surface area contributed by atoms with Gasteiger partial charge in [0, 0.05) is 17.6 Å². The zero-order valence-corrected chi connectivity index (χ0v) is 15.2. The fraction of sp³-hybridized carbons (Fsp3) is 0.529. The van der Waals surface area contributed by atoms with Crippen molar-refractivity contribution in [2.75, 3.05) is 0 Å². The Hall–Kier alpha value is -1.93. The summed E-state index contributed by atoms with van der Waals surface area (Å²) in [6, 6.07) is 5.50. The molecule has 1 fully saturated rings. The number of hydrogen-bond donors (Lipinski definition) is 3. The smallest absolute Gasteiger partial charge is 0.306 e. The van der Waals surface area contributed by atoms with Crippen molar-refractivity contribution < 1.29 is 23.1 Å². The van der Waals surface area contributed by atoms with Crippen molar-refractivity contribution in [2.45, 2.75) is 56.5 Å². The van der Waals surface area contributed by atoms with E-state index < -0.39 is 16.0 Å². The van der Waals surface area contributed by atoms with Crippen LogP contribution in [-0.4, -0.2) is 37.5 Å². The molecule has 3 N–H and O–H groups in total. The first-order valence-corrected chi connectivity index (χ1v) is 9.83. The van der Waals surface area contributed by atoms with Crippen LogP contribution in [-0.2, 0) is 14.8 Å². The number of carbonyl (C=O) groups is 2. The number of carboxylic acids is 1. The van der Waals surface area contributed by atoms with Crippen LogP contribution in [0.1, 0.15) is 49.9 Å². The predicted octanol–water partition coefficient (Wildman–Crippen LogP) is 1.75. The molecule has 8 heteroatoms. The summed E-state index contributed by atoms with van der Waals surface area (Å²) in [6.07, 6.45) is 2.37. The van der Waals surface area contributed by atoms with Crippen LogP contribution in [0.4, 0.5) is 0 Å². The van der Waals surface area contributed by atoms with Crippen LogP contribution >= 0.6 is 0 Å². The lowest BCUT2D eigenvalue weighted by atomic mass is 9.86. The molecule has 0 aliphatic heterocycles. The second-order valence-corrected chi connectivity index (χ2v) is 8.37. The molecule has 0 saturated heterocycles. The number of aliphatic carboxylic acids is 1. The van der Waals surface area contributed by atoms with Crippen molar-refractivity contribution in [1.82, 2.24) is 10.0 Å². The number of benzene rings is 1. The highest BCUT2D eigenvalue weighted by Crippen LogP contribution is 2.24. The third kappa shape index (κ3) is 5.27. The molecule has 0 aromatic heterocycles. The van der Waals surface area contributed by atoms with Crippen molar-refractivity contribution in [3.8, 4) is 0 Å². The quantitative estimate of drug-likeness (QED) is 0.708. The summed E-state index contributed by atoms with van der Waals surface area (Å²) in [5, 5.41) is 11.9. The minimum atomic E-state index is -3.58. The standard InChI is InChI=1S/C17H24N2O5S/c1-11(2)19-25(23,24)15-9-5-12(6-10-15)16(20)18-14-7-3-13(4-8-14)17(21)22/h5-6,9-11,13-14,19H,3-4,7-8H2,1-2H3,(H,18,20)(H,21,22). The minimum absolute atomic E-state index is 0.0471. The highest BCUT2D eigenvalue weighted by molar-refractivity contribution is 7.89. The lowest BCUT2D eigenvalue weighted by molar-refractivity contribution is -0.142. The molecule has 0 heterocycles. The van der Waals surface area contributed by atoms with E-state index in [9.17, 15) is 18.0 Å². The highest BCUT2D eigenvalue weighted by atomic mass is 32.2. The summed E-state index contributed by atoms with van der Waals surface area (Å²) in [7, 11) is -3.58. The van der Waals surface area contributed by atoms with Crippen LogP contribution in [0.25, 0.3) is 0 Å². The van der Waals surface area contributed by atoms with Crippen molar-refractivity contribution in [1.29, 1.82) is 0 Å². The maximum atomic E-state index is 12.3. The van der Waals surface area contributed by atoms with E-state index in [0.717, 1.165) is 0 Å². The molecule has 1 saturated carbocycles. The molecule has 0 atom stereocenters. The summed E-state index contributed by atoms with van der Waals surface area (Å²) in [5.41, 5.74) is 0.379. The highest BCUT2D eigenvalue weighted by Gasteiger charge is 2.27. The summed E-state index contributed by atoms with van der Waals surface area (Å²) >= 11 is 0. The van der Waals surface area contributed by atoms with Gasteiger partial charge in [0.1, 0.15) is 0 Å². The zero-order chi connectivity index (χ0) is 18.6. The second-order valence-electron chi connectivity index (χ2n) is 6.66. The first kappa shape index (κ1) is 19.4. The molecule has 2 rings (SSSR count). The number of carbonyl (C=O) groups excluding carboxylic acids is 1. The van der Waals surface area contributed by atoms with E-state index in [2.05, 4.69) is 10.0 Å². The summed E-state index contributed by atoms with van der Waals surface area (Å²) in [6.45, 7) is 3.47. The predicted molar refractivity (Wildman–Crippen MR) is 92.7 cm³/mol. The number of sulfonamides is 1. The van der Waals surface area contributed by atoms with Gasteiger partial charge in [0.2, 0.25) is 10.0 Å². The average Bonchev–Trinajstić information content (AvgIpc) is 2.54. The van der Waals surface area contributed by atoms with Crippen molar-refractivity contribution in [2.24, 2.45) is 5.92 Å². The third-order valence-electron chi connectivity index (χ3n) is 4.23. The molecule has 138 valence electrons. The second kappa shape index (κ2) is 7.97. The maximum Gasteiger partial charge on any atom is 0.306 e. The molecule has 1 aliphatic rings. The Morgan fingerprint density at radius 2 is 1.64 bits per heavy atom. The Bertz CT molecular complexity index is 720. The van der Waals surface area contributed by atoms with Gasteiger partial charge in [-0.2, -0.15) is 0 Å². The molecule has 1 amide bonds. The average molecular weight is 368 g/mol. The molecular formula is C17H24N2O5S. The summed E-state index contributed by atoms with van der Waals surface area (Å²) in [5.74, 6) is -1.39. The lowest BCUT2D eigenvalue weighted by Gasteiger charge is -2.26. The topological polar surface area (TPSA) is 113 Å². The van der Waals surface area contributed by atoms with E-state index in [4.69, 9.17) is 5.11 Å². The van der Waals surface area contributed by atoms with Crippen molar-refractivity contribution >= 4 is 21.9 Å². The maximum absolute atomic E-state index is 12.3. The fourth-order valence-electron chi connectivity index (χ4n) is 2.92. The van der Waals surface area contributed by atoms with E-state index in [-0.39, 0.29) is 28.8 Å². The van der Waals surface area contributed by atoms with Gasteiger partial charge in [-0.1, -0.05) is 0 Å². The SMILES string of the molecule is CC(C)NS(=O)(=O)c1ccc(C(=O)NC2CCC(C(=O)O)CC2)cc1. The molecule has 1 aromatic rings. The van der Waals surface area contributed by atoms with Crippen LogP contribution in [0, 0.1) is 5.92 Å². The monoisotopic (exact) mass is 368 g/mol. The van der Waals surface area contributed by atoms with Crippen molar-refractivity contribution in [3.05, 3.63) is 29.8 Å². The van der Waals surface area contributed by atoms with Gasteiger partial charge in [-0.3, -0.25) is 9.59 Å². The first-order valence-electron chi connectivity index (χ1n) is 8.35. The number of rotatable bonds is 6. The third-order valence-corrected chi connectivity index (χ3v) is 5.90. The van der Waals surface area contributed by atoms with E-state index in [0.29, 0.717) is 31.2 Å². The van der Waals surface area contributed by atoms with Crippen molar-refractivity contribution in [3.63, 3.8) is 0 Å². The Morgan fingerprint density at radius 3 is 2.12 bits per heavy atom. The van der Waals surface area contributed by atoms with E-state index in [1.807, 2.05) is 0 Å². The largest absolute Gasteiger partial charge is 0.481 e. The molecule has 0 spiro atoms. The fourth-order valence-corrected chi connectivity index (χ4v) is 4.17. The van der Waals surface area contributed by atoms with E-state index >= 15 is 0 Å². The van der Waals surface area contributed by atoms with Gasteiger partial charge in [-0.25, -0.2) is 13.1 Å². The van der Waals surface area contributed by atoms with Crippen LogP contribution < -0.4 is 10.0 Å². The summed E-state index contributed by atoms with van der Waals surface area (Å²) in [4.78, 5) is 23.3. The number of amides is 1. The van der Waals surface area contributed by atoms with Gasteiger partial charge in [0.15, 0.2) is 0 Å². The molecule has 0 bridgehead atoms. The van der Waals surface area contributed by atoms with Gasteiger partial charge < -0.3 is 10.4 Å². The first-order chi connectivity index (χ1) is 11.7. The van der Waals surface area contributed by atoms with Crippen LogP contribution in [0.15, 0.2) is 29.2 Å². The normalized spacial score (nSPS) is 21.1. The Labute approximate surface area is 147 Å². The Morgan fingerprint density at radius 1 is 1.08 bits per heavy atom. The molecule has 0 unspecified atom stereocenters. The van der Waals surface area contributed by atoms with Gasteiger partial charge >= 0.3 is 5.97 Å². The van der Waals surface area contributed by atoms with Crippen LogP contribution in [0.5, 0.6) is 0 Å². The molecule has 1 aliphatic carbocycles. The van der Waals surface area contributed by atoms with Gasteiger partial charge in [-0.05, 0) is 63.8 Å². The van der Waals surface area contributed by atoms with E-state index in [1.54, 1.807) is 13.8 Å². The minimum Gasteiger partial charge on any atom is -0.481 e. The molecule has 1 aromatic carbocycles. The van der Waals surface area contributed by atoms with Gasteiger partial charge in [0.25, 0.3) is 5.91 Å². The van der Waals surface area contributed by atoms with Gasteiger partial charge in [0.05, 0.1) is 10.8 Å². The van der Waals surface area contributed by atoms with Gasteiger partial charge in [-0.15, -0.1) is 0 Å². The van der Waals surface area contributed by atoms with Crippen LogP contribution in [0.2, 0.25) is 0 Å². The molecule has 0 radical (unpaired) electrons. The lowest BCUT2D eigenvalue weighted by Crippen LogP contribution is -2.38. The summed E-state index contributed by atoms with van der Waals surface area (Å²) < 4.78 is 26.6. The van der Waals surface area contributed by atoms with E-state index in [1.165, 1.54) is 24.3 Å². The molecular weight excluding hydrogens is 344 g/mol. The Balaban J connectivity index is 1.96. The number of carboxylic acid groups (broad SMARTS) is 1. The van der Waals surface area contributed by atoms with Crippen LogP contribution in [0.3, 0.4) is 0 Å². The molecule has 25 heavy (non-hydrogen) atoms. The zero-order valence-electron chi connectivity index (χ0n) is 14.4. The number of nitrogens with one attached hydrogen (secondary N) is 2.